The summed E-state index contributed by atoms with van der Waals surface area (Å²) in [4.78, 5) is 10.9. The maximum Gasteiger partial charge on any atom is 0.303 e. The average molecular weight is 333 g/mol. The molecule has 0 saturated heterocycles. The van der Waals surface area contributed by atoms with Crippen LogP contribution in [0, 0.1) is 11.7 Å². The molecule has 104 valence electrons. The van der Waals surface area contributed by atoms with Crippen molar-refractivity contribution in [3.63, 3.8) is 0 Å². The minimum absolute atomic E-state index is 0.0381. The molecule has 1 saturated carbocycles. The number of benzene rings is 1. The topological polar surface area (TPSA) is 66.8 Å². The van der Waals surface area contributed by atoms with Crippen LogP contribution in [0.2, 0.25) is 0 Å². The lowest BCUT2D eigenvalue weighted by Crippen LogP contribution is -2.11. The number of methoxy groups -OCH3 is 1. The Kier molecular flexibility index (Phi) is 3.99. The normalized spacial score (nSPS) is 16.2. The number of aromatic hydroxyl groups is 1. The summed E-state index contributed by atoms with van der Waals surface area (Å²) in [6.07, 6.45) is 1.51. The second-order valence-electron chi connectivity index (χ2n) is 4.68. The molecule has 1 aromatic carbocycles. The van der Waals surface area contributed by atoms with E-state index in [9.17, 15) is 14.3 Å². The van der Waals surface area contributed by atoms with Gasteiger partial charge in [-0.3, -0.25) is 4.79 Å². The summed E-state index contributed by atoms with van der Waals surface area (Å²) < 4.78 is 19.4. The number of hydrogen-bond acceptors (Lipinski definition) is 3. The summed E-state index contributed by atoms with van der Waals surface area (Å²) in [6, 6.07) is 1.33. The third-order valence-corrected chi connectivity index (χ3v) is 3.95. The molecule has 0 spiro atoms. The summed E-state index contributed by atoms with van der Waals surface area (Å²) in [5.74, 6) is -2.20. The van der Waals surface area contributed by atoms with Crippen molar-refractivity contribution in [2.75, 3.05) is 7.11 Å². The van der Waals surface area contributed by atoms with E-state index >= 15 is 0 Å². The summed E-state index contributed by atoms with van der Waals surface area (Å²) in [6.45, 7) is 0. The summed E-state index contributed by atoms with van der Waals surface area (Å²) in [5, 5.41) is 19.0. The van der Waals surface area contributed by atoms with Crippen molar-refractivity contribution in [2.24, 2.45) is 5.92 Å². The van der Waals surface area contributed by atoms with Gasteiger partial charge in [0.1, 0.15) is 5.82 Å². The number of carbonyl (C=O) groups is 1. The number of carboxylic acid groups (broad SMARTS) is 1. The van der Waals surface area contributed by atoms with Crippen LogP contribution in [0.5, 0.6) is 11.5 Å². The van der Waals surface area contributed by atoms with Crippen LogP contribution in [0.15, 0.2) is 10.5 Å². The zero-order valence-electron chi connectivity index (χ0n) is 10.3. The van der Waals surface area contributed by atoms with Crippen molar-refractivity contribution >= 4 is 21.9 Å². The smallest absolute Gasteiger partial charge is 0.303 e. The number of aliphatic carboxylic acids is 1. The maximum absolute atomic E-state index is 14.2. The van der Waals surface area contributed by atoms with Crippen molar-refractivity contribution in [3.05, 3.63) is 21.9 Å². The van der Waals surface area contributed by atoms with Crippen molar-refractivity contribution in [1.82, 2.24) is 0 Å². The molecule has 0 bridgehead atoms. The molecule has 0 aromatic heterocycles. The zero-order chi connectivity index (χ0) is 14.2. The highest BCUT2D eigenvalue weighted by Crippen LogP contribution is 2.50. The Balaban J connectivity index is 2.51. The fraction of sp³-hybridized carbons (Fsp3) is 0.462. The van der Waals surface area contributed by atoms with Crippen LogP contribution >= 0.6 is 15.9 Å². The molecule has 6 heteroatoms. The van der Waals surface area contributed by atoms with Crippen LogP contribution in [0.4, 0.5) is 4.39 Å². The number of hydrogen-bond donors (Lipinski definition) is 2. The van der Waals surface area contributed by atoms with E-state index in [-0.39, 0.29) is 33.9 Å². The maximum atomic E-state index is 14.2. The first-order chi connectivity index (χ1) is 8.95. The largest absolute Gasteiger partial charge is 0.504 e. The molecular weight excluding hydrogens is 319 g/mol. The molecule has 0 heterocycles. The minimum atomic E-state index is -1.00. The SMILES string of the molecule is COc1cc(Br)c(F)c(C(CC(=O)O)C2CC2)c1O. The molecule has 1 fully saturated rings. The number of rotatable bonds is 5. The monoisotopic (exact) mass is 332 g/mol. The molecule has 0 aliphatic heterocycles. The second-order valence-corrected chi connectivity index (χ2v) is 5.53. The molecule has 2 rings (SSSR count). The molecular formula is C13H14BrFO4. The van der Waals surface area contributed by atoms with E-state index in [2.05, 4.69) is 15.9 Å². The van der Waals surface area contributed by atoms with E-state index < -0.39 is 17.7 Å². The van der Waals surface area contributed by atoms with Gasteiger partial charge in [0.15, 0.2) is 11.5 Å². The van der Waals surface area contributed by atoms with Gasteiger partial charge in [0.2, 0.25) is 0 Å². The Morgan fingerprint density at radius 2 is 2.26 bits per heavy atom. The number of carboxylic acids is 1. The summed E-state index contributed by atoms with van der Waals surface area (Å²) >= 11 is 3.06. The van der Waals surface area contributed by atoms with Gasteiger partial charge >= 0.3 is 5.97 Å². The first-order valence-corrected chi connectivity index (χ1v) is 6.71. The van der Waals surface area contributed by atoms with E-state index in [1.54, 1.807) is 0 Å². The molecule has 19 heavy (non-hydrogen) atoms. The van der Waals surface area contributed by atoms with Gasteiger partial charge in [-0.1, -0.05) is 0 Å². The molecule has 0 radical (unpaired) electrons. The summed E-state index contributed by atoms with van der Waals surface area (Å²) in [5.41, 5.74) is 0.0381. The van der Waals surface area contributed by atoms with E-state index in [1.807, 2.05) is 0 Å². The molecule has 4 nitrogen and oxygen atoms in total. The highest BCUT2D eigenvalue weighted by atomic mass is 79.9. The van der Waals surface area contributed by atoms with Crippen molar-refractivity contribution in [1.29, 1.82) is 0 Å². The number of phenolic OH excluding ortho intramolecular Hbond substituents is 1. The first kappa shape index (κ1) is 14.1. The van der Waals surface area contributed by atoms with E-state index in [1.165, 1.54) is 13.2 Å². The highest BCUT2D eigenvalue weighted by Gasteiger charge is 2.38. The third kappa shape index (κ3) is 2.83. The lowest BCUT2D eigenvalue weighted by molar-refractivity contribution is -0.137. The van der Waals surface area contributed by atoms with Crippen LogP contribution in [0.25, 0.3) is 0 Å². The van der Waals surface area contributed by atoms with Gasteiger partial charge in [-0.05, 0) is 34.7 Å². The van der Waals surface area contributed by atoms with Crippen molar-refractivity contribution in [3.8, 4) is 11.5 Å². The molecule has 1 aliphatic carbocycles. The van der Waals surface area contributed by atoms with Gasteiger partial charge in [-0.15, -0.1) is 0 Å². The molecule has 2 N–H and O–H groups in total. The molecule has 1 aromatic rings. The lowest BCUT2D eigenvalue weighted by Gasteiger charge is -2.19. The number of ether oxygens (including phenoxy) is 1. The molecule has 1 atom stereocenters. The van der Waals surface area contributed by atoms with Crippen LogP contribution in [-0.4, -0.2) is 23.3 Å². The van der Waals surface area contributed by atoms with Gasteiger partial charge in [-0.25, -0.2) is 4.39 Å². The first-order valence-electron chi connectivity index (χ1n) is 5.92. The Bertz CT molecular complexity index is 514. The standard InChI is InChI=1S/C13H14BrFO4/c1-19-9-5-8(14)12(15)11(13(9)18)7(4-10(16)17)6-2-3-6/h5-7,18H,2-4H2,1H3,(H,16,17). The summed E-state index contributed by atoms with van der Waals surface area (Å²) in [7, 11) is 1.37. The molecule has 0 amide bonds. The minimum Gasteiger partial charge on any atom is -0.504 e. The predicted octanol–water partition coefficient (Wildman–Crippen LogP) is 3.27. The van der Waals surface area contributed by atoms with Crippen LogP contribution in [0.1, 0.15) is 30.7 Å². The zero-order valence-corrected chi connectivity index (χ0v) is 11.9. The van der Waals surface area contributed by atoms with E-state index in [0.29, 0.717) is 0 Å². The van der Waals surface area contributed by atoms with Crippen molar-refractivity contribution < 1.29 is 24.1 Å². The van der Waals surface area contributed by atoms with Gasteiger partial charge in [-0.2, -0.15) is 0 Å². The van der Waals surface area contributed by atoms with E-state index in [0.717, 1.165) is 12.8 Å². The lowest BCUT2D eigenvalue weighted by atomic mass is 9.89. The second kappa shape index (κ2) is 5.36. The van der Waals surface area contributed by atoms with Gasteiger partial charge in [0, 0.05) is 17.5 Å². The van der Waals surface area contributed by atoms with Gasteiger partial charge < -0.3 is 14.9 Å². The van der Waals surface area contributed by atoms with Crippen molar-refractivity contribution in [2.45, 2.75) is 25.2 Å². The van der Waals surface area contributed by atoms with Gasteiger partial charge in [0.05, 0.1) is 18.0 Å². The highest BCUT2D eigenvalue weighted by molar-refractivity contribution is 9.10. The Labute approximate surface area is 118 Å². The quantitative estimate of drug-likeness (QED) is 0.868. The van der Waals surface area contributed by atoms with Crippen LogP contribution in [-0.2, 0) is 4.79 Å². The molecule has 1 aliphatic rings. The Morgan fingerprint density at radius 3 is 2.74 bits per heavy atom. The Morgan fingerprint density at radius 1 is 1.63 bits per heavy atom. The fourth-order valence-electron chi connectivity index (χ4n) is 2.30. The fourth-order valence-corrected chi connectivity index (χ4v) is 2.72. The average Bonchev–Trinajstić information content (AvgIpc) is 3.16. The number of halogens is 2. The van der Waals surface area contributed by atoms with Crippen LogP contribution < -0.4 is 4.74 Å². The molecule has 1 unspecified atom stereocenters. The van der Waals surface area contributed by atoms with Gasteiger partial charge in [0.25, 0.3) is 0 Å². The number of phenols is 1. The van der Waals surface area contributed by atoms with E-state index in [4.69, 9.17) is 9.84 Å². The third-order valence-electron chi connectivity index (χ3n) is 3.37. The Hall–Kier alpha value is -1.30. The predicted molar refractivity (Wildman–Crippen MR) is 70.0 cm³/mol. The van der Waals surface area contributed by atoms with Crippen LogP contribution in [0.3, 0.4) is 0 Å².